The van der Waals surface area contributed by atoms with Gasteiger partial charge in [-0.05, 0) is 0 Å². The van der Waals surface area contributed by atoms with Crippen LogP contribution in [-0.2, 0) is 0 Å². The van der Waals surface area contributed by atoms with Crippen LogP contribution in [0, 0.1) is 0 Å². The summed E-state index contributed by atoms with van der Waals surface area (Å²) < 4.78 is 0. The smallest absolute Gasteiger partial charge is 0.907 e. The Hall–Kier alpha value is 2.51. The van der Waals surface area contributed by atoms with Crippen LogP contribution in [0.15, 0.2) is 0 Å². The molecule has 0 heterocycles. The number of rotatable bonds is 0. The number of hydrogen-bond donors (Lipinski definition) is 0. The van der Waals surface area contributed by atoms with Crippen molar-refractivity contribution in [3.63, 3.8) is 0 Å². The van der Waals surface area contributed by atoms with Gasteiger partial charge < -0.3 is 65.8 Å². The first-order chi connectivity index (χ1) is 6.93. The van der Waals surface area contributed by atoms with E-state index in [0.29, 0.717) is 0 Å². The minimum absolute atomic E-state index is 0. The minimum Gasteiger partial charge on any atom is -0.907 e. The Morgan fingerprint density at radius 3 is 0.300 bits per heavy atom. The van der Waals surface area contributed by atoms with E-state index < -0.39 is 29.3 Å². The maximum Gasteiger partial charge on any atom is 4.00 e. The maximum absolute atomic E-state index is 8.42. The summed E-state index contributed by atoms with van der Waals surface area (Å²) in [5.41, 5.74) is 0. The van der Waals surface area contributed by atoms with Gasteiger partial charge in [0.25, 0.3) is 0 Å². The first-order valence-corrected chi connectivity index (χ1v) is 2.83. The Labute approximate surface area is 175 Å². The molecule has 0 aliphatic rings. The Bertz CT molecular complexity index is 68.6. The van der Waals surface area contributed by atoms with Gasteiger partial charge in [-0.3, -0.25) is 29.3 Å². The van der Waals surface area contributed by atoms with Crippen LogP contribution in [0.2, 0.25) is 0 Å². The maximum atomic E-state index is 8.42. The van der Waals surface area contributed by atoms with Crippen LogP contribution in [-0.4, -0.2) is 117 Å². The Balaban J connectivity index is -0.0000000150. The van der Waals surface area contributed by atoms with Crippen molar-refractivity contribution in [2.45, 2.75) is 0 Å². The van der Waals surface area contributed by atoms with E-state index in [1.807, 2.05) is 0 Å². The molecule has 20 heavy (non-hydrogen) atoms. The van der Waals surface area contributed by atoms with Crippen LogP contribution in [0.3, 0.4) is 0 Å². The molecule has 0 aliphatic carbocycles. The molecule has 13 nitrogen and oxygen atoms in total. The summed E-state index contributed by atoms with van der Waals surface area (Å²) in [4.78, 5) is 0. The average molecular weight is 875 g/mol. The first kappa shape index (κ1) is 49.5. The van der Waals surface area contributed by atoms with Crippen molar-refractivity contribution in [2.24, 2.45) is 0 Å². The fraction of sp³-hybridized carbons (Fsp3) is 0. The first-order valence-electron chi connectivity index (χ1n) is 2.83. The zero-order chi connectivity index (χ0) is 14.3. The predicted molar refractivity (Wildman–Crippen MR) is 43.9 cm³/mol. The Morgan fingerprint density at radius 2 is 0.300 bits per heavy atom. The third kappa shape index (κ3) is 1240. The molecule has 0 fully saturated rings. The second-order valence-corrected chi connectivity index (χ2v) is 1.15. The fourth-order valence-corrected chi connectivity index (χ4v) is 0. The molecule has 0 saturated heterocycles. The molecule has 104 valence electrons. The van der Waals surface area contributed by atoms with E-state index in [1.54, 1.807) is 0 Å². The van der Waals surface area contributed by atoms with E-state index in [4.69, 9.17) is 60.3 Å². The third-order valence-electron chi connectivity index (χ3n) is 0. The van der Waals surface area contributed by atoms with Crippen LogP contribution in [0.25, 0.3) is 0 Å². The zero-order valence-electron chi connectivity index (χ0n) is 9.21. The van der Waals surface area contributed by atoms with Gasteiger partial charge in [-0.2, -0.15) is 0 Å². The summed E-state index contributed by atoms with van der Waals surface area (Å²) >= 11 is 0. The van der Waals surface area contributed by atoms with Gasteiger partial charge in [0, 0.05) is 0 Å². The van der Waals surface area contributed by atoms with Gasteiger partial charge in [0.15, 0.2) is 0 Å². The second-order valence-electron chi connectivity index (χ2n) is 1.15. The SMILES string of the molecule is O.[O-]B([O-])[O-].[O-]B([O-])[O-].[O-]B([O-])[O-].[O-]B([O-])[O-].[Pb+4].[Pb+4].[Pb+4]. The van der Waals surface area contributed by atoms with Gasteiger partial charge in [-0.15, -0.1) is 0 Å². The van der Waals surface area contributed by atoms with Crippen LogP contribution in [0.1, 0.15) is 0 Å². The van der Waals surface area contributed by atoms with Crippen LogP contribution >= 0.6 is 0 Å². The van der Waals surface area contributed by atoms with Crippen molar-refractivity contribution in [1.82, 2.24) is 0 Å². The van der Waals surface area contributed by atoms with Crippen LogP contribution in [0.4, 0.5) is 0 Å². The summed E-state index contributed by atoms with van der Waals surface area (Å²) in [5.74, 6) is 0. The molecule has 0 atom stereocenters. The predicted octanol–water partition coefficient (Wildman–Crippen LogP) is -17.8. The molecule has 0 saturated carbocycles. The zero-order valence-corrected chi connectivity index (χ0v) is 20.9. The molecule has 0 aromatic rings. The summed E-state index contributed by atoms with van der Waals surface area (Å²) in [6.45, 7) is 0. The van der Waals surface area contributed by atoms with E-state index >= 15 is 0 Å². The van der Waals surface area contributed by atoms with Crippen molar-refractivity contribution < 1.29 is 65.8 Å². The summed E-state index contributed by atoms with van der Waals surface area (Å²) in [7, 11) is -11.7. The molecule has 0 bridgehead atoms. The molecule has 0 amide bonds. The van der Waals surface area contributed by atoms with Crippen molar-refractivity contribution in [1.29, 1.82) is 0 Å². The van der Waals surface area contributed by atoms with E-state index in [-0.39, 0.29) is 87.4 Å². The van der Waals surface area contributed by atoms with Crippen molar-refractivity contribution in [3.8, 4) is 0 Å². The third-order valence-corrected chi connectivity index (χ3v) is 0. The molecule has 0 rings (SSSR count). The topological polar surface area (TPSA) is 308 Å². The standard InChI is InChI=1S/4BO3.H2O.3Pb/c4*2-1(3)4;;;;/h;;;;1H2;;;/q4*-3;;3*+4. The Morgan fingerprint density at radius 1 is 0.300 bits per heavy atom. The van der Waals surface area contributed by atoms with Gasteiger partial charge in [0.1, 0.15) is 0 Å². The average Bonchev–Trinajstić information content (AvgIpc) is 1.76. The monoisotopic (exact) mass is 878 g/mol. The molecule has 0 aliphatic heterocycles. The largest absolute Gasteiger partial charge is 4.00 e. The molecule has 0 aromatic carbocycles. The fourth-order valence-electron chi connectivity index (χ4n) is 0. The normalized spacial score (nSPS) is 5.40. The van der Waals surface area contributed by atoms with Gasteiger partial charge in [0.2, 0.25) is 0 Å². The molecular formula is H2B4O13Pb3. The van der Waals surface area contributed by atoms with E-state index in [1.165, 1.54) is 0 Å². The van der Waals surface area contributed by atoms with E-state index in [0.717, 1.165) is 0 Å². The molecular weight excluding hydrogens is 873 g/mol. The van der Waals surface area contributed by atoms with Crippen LogP contribution in [0.5, 0.6) is 0 Å². The molecule has 0 spiro atoms. The van der Waals surface area contributed by atoms with Crippen molar-refractivity contribution >= 4 is 111 Å². The summed E-state index contributed by atoms with van der Waals surface area (Å²) in [5, 5.41) is 101. The molecule has 20 heteroatoms. The van der Waals surface area contributed by atoms with E-state index in [2.05, 4.69) is 0 Å². The van der Waals surface area contributed by atoms with E-state index in [9.17, 15) is 0 Å². The van der Waals surface area contributed by atoms with Gasteiger partial charge in [-0.1, -0.05) is 0 Å². The second kappa shape index (κ2) is 43.0. The minimum atomic E-state index is -2.92. The van der Waals surface area contributed by atoms with Crippen molar-refractivity contribution in [2.75, 3.05) is 0 Å². The van der Waals surface area contributed by atoms with Gasteiger partial charge >= 0.3 is 81.9 Å². The molecule has 2 N–H and O–H groups in total. The van der Waals surface area contributed by atoms with Gasteiger partial charge in [-0.25, -0.2) is 0 Å². The molecule has 0 aromatic heterocycles. The quantitative estimate of drug-likeness (QED) is 0.205. The van der Waals surface area contributed by atoms with Gasteiger partial charge in [0.05, 0.1) is 0 Å². The van der Waals surface area contributed by atoms with Crippen LogP contribution < -0.4 is 60.3 Å². The molecule has 0 radical (unpaired) electrons. The van der Waals surface area contributed by atoms with Crippen molar-refractivity contribution in [3.05, 3.63) is 0 Å². The summed E-state index contributed by atoms with van der Waals surface area (Å²) in [6, 6.07) is 0. The number of hydrogen-bond acceptors (Lipinski definition) is 12. The molecule has 0 unspecified atom stereocenters. The summed E-state index contributed by atoms with van der Waals surface area (Å²) in [6.07, 6.45) is 0. The Kier molecular flexibility index (Phi) is 106.